The van der Waals surface area contributed by atoms with E-state index >= 15 is 0 Å². The molecular weight excluding hydrogens is 456 g/mol. The molecular formula is C27H38N6O3. The molecule has 1 aromatic carbocycles. The second-order valence-electron chi connectivity index (χ2n) is 11.0. The van der Waals surface area contributed by atoms with E-state index in [0.29, 0.717) is 23.8 Å². The summed E-state index contributed by atoms with van der Waals surface area (Å²) < 4.78 is 5.50. The topological polar surface area (TPSA) is 93.8 Å². The zero-order chi connectivity index (χ0) is 25.4. The van der Waals surface area contributed by atoms with E-state index in [1.54, 1.807) is 6.07 Å². The van der Waals surface area contributed by atoms with E-state index in [2.05, 4.69) is 27.3 Å². The molecule has 5 rings (SSSR count). The molecule has 3 aliphatic rings. The third-order valence-electron chi connectivity index (χ3n) is 8.03. The summed E-state index contributed by atoms with van der Waals surface area (Å²) >= 11 is 0. The number of rotatable bonds is 4. The van der Waals surface area contributed by atoms with Crippen LogP contribution in [0.2, 0.25) is 0 Å². The van der Waals surface area contributed by atoms with Crippen LogP contribution < -0.4 is 5.32 Å². The third kappa shape index (κ3) is 4.74. The number of benzene rings is 1. The summed E-state index contributed by atoms with van der Waals surface area (Å²) in [5.41, 5.74) is 2.81. The molecule has 3 aliphatic heterocycles. The number of aromatic nitrogens is 2. The Kier molecular flexibility index (Phi) is 6.78. The second-order valence-corrected chi connectivity index (χ2v) is 11.0. The zero-order valence-corrected chi connectivity index (χ0v) is 21.8. The minimum Gasteiger partial charge on any atom is -0.381 e. The Bertz CT molecular complexity index is 1120. The lowest BCUT2D eigenvalue weighted by Crippen LogP contribution is -2.59. The quantitative estimate of drug-likeness (QED) is 0.678. The average molecular weight is 495 g/mol. The van der Waals surface area contributed by atoms with Gasteiger partial charge in [-0.3, -0.25) is 14.8 Å². The number of H-pyrrole nitrogens is 1. The second kappa shape index (κ2) is 9.86. The number of hydrogen-bond acceptors (Lipinski definition) is 5. The maximum absolute atomic E-state index is 13.8. The van der Waals surface area contributed by atoms with Crippen molar-refractivity contribution in [1.29, 1.82) is 0 Å². The Morgan fingerprint density at radius 2 is 2.00 bits per heavy atom. The van der Waals surface area contributed by atoms with Crippen LogP contribution in [0.3, 0.4) is 0 Å². The number of carbonyl (C=O) groups excluding carboxylic acids is 2. The van der Waals surface area contributed by atoms with E-state index in [1.807, 2.05) is 48.8 Å². The van der Waals surface area contributed by atoms with Gasteiger partial charge in [-0.15, -0.1) is 0 Å². The summed E-state index contributed by atoms with van der Waals surface area (Å²) in [5.74, 6) is 0.982. The van der Waals surface area contributed by atoms with Gasteiger partial charge >= 0.3 is 6.03 Å². The molecule has 2 fully saturated rings. The predicted octanol–water partition coefficient (Wildman–Crippen LogP) is 3.57. The van der Waals surface area contributed by atoms with Crippen molar-refractivity contribution in [3.05, 3.63) is 46.6 Å². The Balaban J connectivity index is 1.25. The summed E-state index contributed by atoms with van der Waals surface area (Å²) in [7, 11) is 0. The summed E-state index contributed by atoms with van der Waals surface area (Å²) in [6, 6.07) is 7.65. The van der Waals surface area contributed by atoms with Crippen LogP contribution >= 0.6 is 0 Å². The predicted molar refractivity (Wildman–Crippen MR) is 138 cm³/mol. The maximum Gasteiger partial charge on any atom is 0.321 e. The fraction of sp³-hybridized carbons (Fsp3) is 0.593. The first kappa shape index (κ1) is 24.8. The van der Waals surface area contributed by atoms with Gasteiger partial charge in [0.15, 0.2) is 5.82 Å². The smallest absolute Gasteiger partial charge is 0.321 e. The molecule has 0 unspecified atom stereocenters. The highest BCUT2D eigenvalue weighted by Gasteiger charge is 2.46. The number of carbonyl (C=O) groups is 2. The monoisotopic (exact) mass is 494 g/mol. The molecule has 0 spiro atoms. The Hall–Kier alpha value is -2.91. The van der Waals surface area contributed by atoms with Crippen molar-refractivity contribution in [2.24, 2.45) is 5.92 Å². The van der Waals surface area contributed by atoms with Gasteiger partial charge in [-0.25, -0.2) is 4.79 Å². The van der Waals surface area contributed by atoms with Crippen molar-refractivity contribution >= 4 is 17.8 Å². The number of hydrogen-bond donors (Lipinski definition) is 2. The number of piperazine rings is 1. The molecule has 0 saturated carbocycles. The number of nitrogens with one attached hydrogen (secondary N) is 2. The first-order valence-electron chi connectivity index (χ1n) is 13.1. The maximum atomic E-state index is 13.8. The number of anilines is 1. The minimum absolute atomic E-state index is 0.0405. The highest BCUT2D eigenvalue weighted by molar-refractivity contribution is 6.04. The van der Waals surface area contributed by atoms with Gasteiger partial charge in [-0.1, -0.05) is 17.7 Å². The van der Waals surface area contributed by atoms with Gasteiger partial charge in [-0.05, 0) is 58.6 Å². The van der Waals surface area contributed by atoms with E-state index < -0.39 is 5.54 Å². The van der Waals surface area contributed by atoms with Crippen LogP contribution in [0.4, 0.5) is 10.6 Å². The van der Waals surface area contributed by atoms with Crippen LogP contribution in [0.5, 0.6) is 0 Å². The minimum atomic E-state index is -0.551. The van der Waals surface area contributed by atoms with Crippen molar-refractivity contribution in [2.75, 3.05) is 44.7 Å². The highest BCUT2D eigenvalue weighted by Crippen LogP contribution is 2.41. The first-order valence-corrected chi connectivity index (χ1v) is 13.1. The van der Waals surface area contributed by atoms with Crippen LogP contribution in [0, 0.1) is 12.8 Å². The lowest BCUT2D eigenvalue weighted by Gasteiger charge is -2.44. The first-order chi connectivity index (χ1) is 17.2. The summed E-state index contributed by atoms with van der Waals surface area (Å²) in [6.07, 6.45) is 2.26. The number of nitrogens with zero attached hydrogens (tertiary/aromatic N) is 4. The van der Waals surface area contributed by atoms with Crippen molar-refractivity contribution in [1.82, 2.24) is 24.9 Å². The molecule has 1 atom stereocenters. The van der Waals surface area contributed by atoms with E-state index in [9.17, 15) is 9.59 Å². The van der Waals surface area contributed by atoms with Crippen LogP contribution in [0.25, 0.3) is 0 Å². The number of aromatic amines is 1. The molecule has 2 aromatic rings. The largest absolute Gasteiger partial charge is 0.381 e. The van der Waals surface area contributed by atoms with Crippen molar-refractivity contribution in [3.63, 3.8) is 0 Å². The molecule has 0 aliphatic carbocycles. The van der Waals surface area contributed by atoms with E-state index in [4.69, 9.17) is 4.74 Å². The van der Waals surface area contributed by atoms with Crippen LogP contribution in [-0.2, 0) is 16.8 Å². The molecule has 4 heterocycles. The summed E-state index contributed by atoms with van der Waals surface area (Å²) in [5, 5.41) is 10.4. The normalized spacial score (nSPS) is 22.5. The molecule has 2 N–H and O–H groups in total. The Morgan fingerprint density at radius 3 is 2.72 bits per heavy atom. The van der Waals surface area contributed by atoms with E-state index in [-0.39, 0.29) is 18.0 Å². The van der Waals surface area contributed by atoms with Crippen molar-refractivity contribution in [3.8, 4) is 0 Å². The van der Waals surface area contributed by atoms with Gasteiger partial charge in [-0.2, -0.15) is 5.10 Å². The third-order valence-corrected chi connectivity index (χ3v) is 8.03. The number of aryl methyl sites for hydroxylation is 1. The summed E-state index contributed by atoms with van der Waals surface area (Å²) in [6.45, 7) is 13.9. The van der Waals surface area contributed by atoms with Crippen LogP contribution in [0.1, 0.15) is 60.8 Å². The van der Waals surface area contributed by atoms with Gasteiger partial charge in [0.2, 0.25) is 0 Å². The lowest BCUT2D eigenvalue weighted by atomic mass is 9.99. The van der Waals surface area contributed by atoms with Crippen LogP contribution in [0.15, 0.2) is 24.3 Å². The average Bonchev–Trinajstić information content (AvgIpc) is 3.37. The van der Waals surface area contributed by atoms with E-state index in [0.717, 1.165) is 69.1 Å². The number of amides is 3. The highest BCUT2D eigenvalue weighted by atomic mass is 16.5. The van der Waals surface area contributed by atoms with Crippen molar-refractivity contribution in [2.45, 2.75) is 58.7 Å². The van der Waals surface area contributed by atoms with Gasteiger partial charge in [0, 0.05) is 56.6 Å². The number of ether oxygens (including phenoxy) is 1. The molecule has 0 radical (unpaired) electrons. The summed E-state index contributed by atoms with van der Waals surface area (Å²) in [4.78, 5) is 33.0. The number of fused-ring (bicyclic) bond motifs is 1. The fourth-order valence-corrected chi connectivity index (χ4v) is 5.82. The SMILES string of the molecule is Cc1cccc(C(=O)Nc2n[nH]c3c2CN(C(=O)N2CCN(CC4CCOCC4)C[C@@H]2C)C3(C)C)c1. The van der Waals surface area contributed by atoms with Gasteiger partial charge in [0.1, 0.15) is 0 Å². The van der Waals surface area contributed by atoms with E-state index in [1.165, 1.54) is 0 Å². The van der Waals surface area contributed by atoms with Gasteiger partial charge < -0.3 is 19.9 Å². The van der Waals surface area contributed by atoms with Crippen LogP contribution in [-0.4, -0.2) is 82.3 Å². The van der Waals surface area contributed by atoms with Crippen molar-refractivity contribution < 1.29 is 14.3 Å². The van der Waals surface area contributed by atoms with Gasteiger partial charge in [0.05, 0.1) is 17.8 Å². The molecule has 36 heavy (non-hydrogen) atoms. The van der Waals surface area contributed by atoms with Gasteiger partial charge in [0.25, 0.3) is 5.91 Å². The molecule has 9 nitrogen and oxygen atoms in total. The molecule has 0 bridgehead atoms. The fourth-order valence-electron chi connectivity index (χ4n) is 5.82. The number of urea groups is 1. The molecule has 1 aromatic heterocycles. The Labute approximate surface area is 213 Å². The molecule has 2 saturated heterocycles. The lowest BCUT2D eigenvalue weighted by molar-refractivity contribution is 0.0290. The zero-order valence-electron chi connectivity index (χ0n) is 21.8. The standard InChI is InChI=1S/C27H38N6O3/c1-18-6-5-7-21(14-18)25(34)28-24-22-17-33(27(3,4)23(22)29-30-24)26(35)32-11-10-31(15-19(32)2)16-20-8-12-36-13-9-20/h5-7,14,19-20H,8-13,15-17H2,1-4H3,(H2,28,29,30,34)/t19-/m0/s1. The molecule has 3 amide bonds. The Morgan fingerprint density at radius 1 is 1.22 bits per heavy atom. The molecule has 194 valence electrons. The molecule has 9 heteroatoms.